The molecule has 2 unspecified atom stereocenters. The van der Waals surface area contributed by atoms with E-state index in [0.717, 1.165) is 10.8 Å². The van der Waals surface area contributed by atoms with Crippen molar-refractivity contribution < 1.29 is 19.1 Å². The maximum absolute atomic E-state index is 13.0. The van der Waals surface area contributed by atoms with E-state index >= 15 is 0 Å². The van der Waals surface area contributed by atoms with Crippen LogP contribution < -0.4 is 4.74 Å². The number of ether oxygens (including phenoxy) is 1. The van der Waals surface area contributed by atoms with Gasteiger partial charge >= 0.3 is 5.97 Å². The van der Waals surface area contributed by atoms with Crippen molar-refractivity contribution in [1.82, 2.24) is 0 Å². The number of hydrogen-bond donors (Lipinski definition) is 0. The van der Waals surface area contributed by atoms with Crippen molar-refractivity contribution in [1.29, 1.82) is 0 Å². The monoisotopic (exact) mass is 336 g/mol. The molecule has 2 atom stereocenters. The van der Waals surface area contributed by atoms with Gasteiger partial charge in [0.25, 0.3) is 0 Å². The van der Waals surface area contributed by atoms with E-state index in [1.54, 1.807) is 19.1 Å². The van der Waals surface area contributed by atoms with E-state index in [9.17, 15) is 14.4 Å². The lowest BCUT2D eigenvalue weighted by atomic mass is 9.65. The first kappa shape index (κ1) is 16.0. The maximum Gasteiger partial charge on any atom is 0.326 e. The van der Waals surface area contributed by atoms with Gasteiger partial charge in [0.05, 0.1) is 0 Å². The van der Waals surface area contributed by atoms with Crippen molar-refractivity contribution in [3.8, 4) is 5.75 Å². The van der Waals surface area contributed by atoms with Crippen LogP contribution in [0.1, 0.15) is 33.6 Å². The smallest absolute Gasteiger partial charge is 0.326 e. The van der Waals surface area contributed by atoms with Crippen molar-refractivity contribution in [2.45, 2.75) is 33.6 Å². The standard InChI is InChI=1S/C21H20O4/c1-19(2)20(3)10-11-21(19,17(23)16(20)22)18(24)25-15-9-8-13-6-4-5-7-14(13)12-15/h4-9,12H,10-11H2,1-3H3. The Bertz CT molecular complexity index is 942. The van der Waals surface area contributed by atoms with Crippen LogP contribution in [0.25, 0.3) is 10.8 Å². The van der Waals surface area contributed by atoms with Crippen LogP contribution >= 0.6 is 0 Å². The lowest BCUT2D eigenvalue weighted by Gasteiger charge is -2.36. The molecule has 2 aromatic rings. The summed E-state index contributed by atoms with van der Waals surface area (Å²) in [6.45, 7) is 5.47. The van der Waals surface area contributed by atoms with E-state index in [1.807, 2.05) is 44.2 Å². The van der Waals surface area contributed by atoms with Crippen LogP contribution in [0.4, 0.5) is 0 Å². The van der Waals surface area contributed by atoms with Gasteiger partial charge in [-0.3, -0.25) is 14.4 Å². The van der Waals surface area contributed by atoms with E-state index in [4.69, 9.17) is 4.74 Å². The first-order valence-corrected chi connectivity index (χ1v) is 8.54. The summed E-state index contributed by atoms with van der Waals surface area (Å²) in [6.07, 6.45) is 0.908. The van der Waals surface area contributed by atoms with Crippen molar-refractivity contribution in [2.75, 3.05) is 0 Å². The van der Waals surface area contributed by atoms with E-state index < -0.39 is 33.8 Å². The van der Waals surface area contributed by atoms with Crippen LogP contribution in [-0.4, -0.2) is 17.5 Å². The van der Waals surface area contributed by atoms with Gasteiger partial charge in [-0.25, -0.2) is 0 Å². The summed E-state index contributed by atoms with van der Waals surface area (Å²) in [5, 5.41) is 2.00. The van der Waals surface area contributed by atoms with Crippen molar-refractivity contribution in [2.24, 2.45) is 16.2 Å². The molecule has 0 N–H and O–H groups in total. The summed E-state index contributed by atoms with van der Waals surface area (Å²) in [6, 6.07) is 13.2. The number of ketones is 2. The molecule has 0 saturated heterocycles. The highest BCUT2D eigenvalue weighted by Crippen LogP contribution is 2.69. The second-order valence-electron chi connectivity index (χ2n) is 7.92. The van der Waals surface area contributed by atoms with Crippen LogP contribution in [0.3, 0.4) is 0 Å². The van der Waals surface area contributed by atoms with Crippen LogP contribution in [0.5, 0.6) is 5.75 Å². The first-order valence-electron chi connectivity index (χ1n) is 8.54. The molecule has 128 valence electrons. The number of esters is 1. The molecule has 0 aromatic heterocycles. The number of carbonyl (C=O) groups is 3. The Morgan fingerprint density at radius 1 is 0.920 bits per heavy atom. The van der Waals surface area contributed by atoms with E-state index in [1.165, 1.54) is 0 Å². The zero-order valence-electron chi connectivity index (χ0n) is 14.6. The molecule has 2 aliphatic carbocycles. The van der Waals surface area contributed by atoms with Gasteiger partial charge in [0, 0.05) is 10.8 Å². The first-order chi connectivity index (χ1) is 11.7. The predicted molar refractivity (Wildman–Crippen MR) is 93.2 cm³/mol. The highest BCUT2D eigenvalue weighted by atomic mass is 16.5. The van der Waals surface area contributed by atoms with Gasteiger partial charge < -0.3 is 4.74 Å². The normalized spacial score (nSPS) is 30.0. The summed E-state index contributed by atoms with van der Waals surface area (Å²) in [4.78, 5) is 38.2. The second kappa shape index (κ2) is 4.78. The fraction of sp³-hybridized carbons (Fsp3) is 0.381. The quantitative estimate of drug-likeness (QED) is 0.363. The fourth-order valence-electron chi connectivity index (χ4n) is 4.65. The van der Waals surface area contributed by atoms with Crippen molar-refractivity contribution in [3.05, 3.63) is 42.5 Å². The molecule has 0 amide bonds. The van der Waals surface area contributed by atoms with Crippen LogP contribution in [-0.2, 0) is 14.4 Å². The largest absolute Gasteiger partial charge is 0.426 e. The molecular weight excluding hydrogens is 316 g/mol. The van der Waals surface area contributed by atoms with Crippen molar-refractivity contribution in [3.63, 3.8) is 0 Å². The zero-order valence-corrected chi connectivity index (χ0v) is 14.6. The lowest BCUT2D eigenvalue weighted by molar-refractivity contribution is -0.157. The summed E-state index contributed by atoms with van der Waals surface area (Å²) >= 11 is 0. The molecule has 25 heavy (non-hydrogen) atoms. The highest BCUT2D eigenvalue weighted by Gasteiger charge is 2.78. The summed E-state index contributed by atoms with van der Waals surface area (Å²) < 4.78 is 5.61. The van der Waals surface area contributed by atoms with E-state index in [0.29, 0.717) is 18.6 Å². The Morgan fingerprint density at radius 3 is 2.24 bits per heavy atom. The zero-order chi connectivity index (χ0) is 18.0. The van der Waals surface area contributed by atoms with Gasteiger partial charge in [-0.15, -0.1) is 0 Å². The van der Waals surface area contributed by atoms with E-state index in [-0.39, 0.29) is 0 Å². The molecule has 4 rings (SSSR count). The average Bonchev–Trinajstić information content (AvgIpc) is 2.86. The molecule has 4 heteroatoms. The van der Waals surface area contributed by atoms with Crippen LogP contribution in [0, 0.1) is 16.2 Å². The fourth-order valence-corrected chi connectivity index (χ4v) is 4.65. The molecule has 2 bridgehead atoms. The Hall–Kier alpha value is -2.49. The number of hydrogen-bond acceptors (Lipinski definition) is 4. The minimum atomic E-state index is -1.37. The molecule has 0 heterocycles. The molecule has 0 aliphatic heterocycles. The Morgan fingerprint density at radius 2 is 1.60 bits per heavy atom. The molecule has 0 radical (unpaired) electrons. The van der Waals surface area contributed by atoms with Gasteiger partial charge in [0.15, 0.2) is 0 Å². The van der Waals surface area contributed by atoms with Gasteiger partial charge in [0.2, 0.25) is 11.6 Å². The third-order valence-electron chi connectivity index (χ3n) is 6.82. The summed E-state index contributed by atoms with van der Waals surface area (Å²) in [7, 11) is 0. The minimum absolute atomic E-state index is 0.369. The molecule has 2 fully saturated rings. The van der Waals surface area contributed by atoms with Gasteiger partial charge in [0.1, 0.15) is 11.2 Å². The molecule has 2 aliphatic rings. The summed E-state index contributed by atoms with van der Waals surface area (Å²) in [5.41, 5.74) is -2.90. The molecule has 2 saturated carbocycles. The number of rotatable bonds is 2. The third-order valence-corrected chi connectivity index (χ3v) is 6.82. The van der Waals surface area contributed by atoms with Crippen LogP contribution in [0.2, 0.25) is 0 Å². The average molecular weight is 336 g/mol. The molecular formula is C21H20O4. The lowest BCUT2D eigenvalue weighted by Crippen LogP contribution is -2.47. The number of fused-ring (bicyclic) bond motifs is 3. The topological polar surface area (TPSA) is 60.4 Å². The van der Waals surface area contributed by atoms with E-state index in [2.05, 4.69) is 0 Å². The van der Waals surface area contributed by atoms with Gasteiger partial charge in [-0.1, -0.05) is 51.1 Å². The number of carbonyl (C=O) groups excluding carboxylic acids is 3. The summed E-state index contributed by atoms with van der Waals surface area (Å²) in [5.74, 6) is -1.22. The van der Waals surface area contributed by atoms with Gasteiger partial charge in [-0.05, 0) is 35.7 Å². The third kappa shape index (κ3) is 1.74. The number of benzene rings is 2. The minimum Gasteiger partial charge on any atom is -0.426 e. The molecule has 2 aromatic carbocycles. The van der Waals surface area contributed by atoms with Gasteiger partial charge in [-0.2, -0.15) is 0 Å². The number of Topliss-reactive ketones (excluding diaryl/α,β-unsaturated/α-hetero) is 2. The maximum atomic E-state index is 13.0. The highest BCUT2D eigenvalue weighted by molar-refractivity contribution is 6.48. The Labute approximate surface area is 146 Å². The van der Waals surface area contributed by atoms with Crippen molar-refractivity contribution >= 4 is 28.3 Å². The predicted octanol–water partition coefficient (Wildman–Crippen LogP) is 3.71. The Kier molecular flexibility index (Phi) is 3.06. The second-order valence-corrected chi connectivity index (χ2v) is 7.92. The SMILES string of the molecule is CC12CCC(C(=O)Oc3ccc4ccccc4c3)(C(=O)C1=O)C2(C)C. The Balaban J connectivity index is 1.73. The molecule has 4 nitrogen and oxygen atoms in total. The molecule has 0 spiro atoms. The van der Waals surface area contributed by atoms with Crippen LogP contribution in [0.15, 0.2) is 42.5 Å².